The Balaban J connectivity index is 1.50. The van der Waals surface area contributed by atoms with Crippen LogP contribution < -0.4 is 10.2 Å². The number of nitriles is 1. The molecule has 8 heteroatoms. The van der Waals surface area contributed by atoms with Crippen molar-refractivity contribution < 1.29 is 9.59 Å². The zero-order chi connectivity index (χ0) is 22.0. The van der Waals surface area contributed by atoms with Gasteiger partial charge in [0, 0.05) is 36.1 Å². The molecule has 0 aliphatic carbocycles. The van der Waals surface area contributed by atoms with Gasteiger partial charge in [0.1, 0.15) is 6.04 Å². The lowest BCUT2D eigenvalue weighted by Crippen LogP contribution is -2.42. The van der Waals surface area contributed by atoms with Crippen LogP contribution in [0.2, 0.25) is 0 Å². The fraction of sp³-hybridized carbons (Fsp3) is 0.478. The lowest BCUT2D eigenvalue weighted by molar-refractivity contribution is -0.129. The third-order valence-electron chi connectivity index (χ3n) is 6.20. The summed E-state index contributed by atoms with van der Waals surface area (Å²) in [4.78, 5) is 33.6. The summed E-state index contributed by atoms with van der Waals surface area (Å²) in [7, 11) is 0. The molecule has 0 bridgehead atoms. The van der Waals surface area contributed by atoms with E-state index in [0.29, 0.717) is 22.6 Å². The second kappa shape index (κ2) is 8.75. The average Bonchev–Trinajstić information content (AvgIpc) is 3.25. The number of rotatable bonds is 4. The maximum absolute atomic E-state index is 12.9. The maximum Gasteiger partial charge on any atom is 0.252 e. The molecule has 1 unspecified atom stereocenters. The van der Waals surface area contributed by atoms with Crippen molar-refractivity contribution in [2.45, 2.75) is 32.7 Å². The monoisotopic (exact) mass is 437 g/mol. The van der Waals surface area contributed by atoms with Crippen molar-refractivity contribution in [1.82, 2.24) is 15.2 Å². The first-order valence-corrected chi connectivity index (χ1v) is 11.7. The van der Waals surface area contributed by atoms with Crippen molar-refractivity contribution in [3.05, 3.63) is 36.0 Å². The maximum atomic E-state index is 12.9. The van der Waals surface area contributed by atoms with Crippen LogP contribution in [0, 0.1) is 16.7 Å². The minimum Gasteiger partial charge on any atom is -0.371 e. The van der Waals surface area contributed by atoms with Gasteiger partial charge in [-0.3, -0.25) is 14.6 Å². The van der Waals surface area contributed by atoms with Crippen LogP contribution in [-0.4, -0.2) is 59.0 Å². The molecule has 2 amide bonds. The van der Waals surface area contributed by atoms with Gasteiger partial charge >= 0.3 is 0 Å². The minimum atomic E-state index is -0.423. The summed E-state index contributed by atoms with van der Waals surface area (Å²) in [5, 5.41) is 12.7. The van der Waals surface area contributed by atoms with Gasteiger partial charge in [-0.1, -0.05) is 13.8 Å². The van der Waals surface area contributed by atoms with Crippen LogP contribution in [0.4, 0.5) is 5.69 Å². The topological polar surface area (TPSA) is 89.3 Å². The number of benzene rings is 1. The molecule has 1 N–H and O–H groups in total. The lowest BCUT2D eigenvalue weighted by atomic mass is 9.82. The molecule has 2 aromatic rings. The zero-order valence-electron chi connectivity index (χ0n) is 17.9. The molecule has 4 rings (SSSR count). The largest absolute Gasteiger partial charge is 0.371 e. The Kier molecular flexibility index (Phi) is 6.05. The van der Waals surface area contributed by atoms with Gasteiger partial charge in [0.25, 0.3) is 5.91 Å². The molecule has 2 aliphatic rings. The second-order valence-corrected chi connectivity index (χ2v) is 9.90. The summed E-state index contributed by atoms with van der Waals surface area (Å²) in [5.41, 5.74) is 2.71. The molecule has 2 saturated heterocycles. The fourth-order valence-corrected chi connectivity index (χ4v) is 5.15. The third kappa shape index (κ3) is 4.62. The van der Waals surface area contributed by atoms with Gasteiger partial charge in [-0.2, -0.15) is 5.26 Å². The van der Waals surface area contributed by atoms with Gasteiger partial charge in [0.15, 0.2) is 0 Å². The summed E-state index contributed by atoms with van der Waals surface area (Å²) in [5.74, 6) is 0.556. The number of nitrogens with zero attached hydrogens (tertiary/aromatic N) is 4. The van der Waals surface area contributed by atoms with Gasteiger partial charge in [-0.25, -0.2) is 0 Å². The Morgan fingerprint density at radius 3 is 2.81 bits per heavy atom. The molecule has 0 spiro atoms. The van der Waals surface area contributed by atoms with Crippen molar-refractivity contribution >= 4 is 40.2 Å². The number of piperidine rings is 1. The first-order valence-electron chi connectivity index (χ1n) is 10.6. The van der Waals surface area contributed by atoms with Gasteiger partial charge in [-0.05, 0) is 42.5 Å². The van der Waals surface area contributed by atoms with E-state index in [2.05, 4.69) is 41.2 Å². The standard InChI is InChI=1S/C23H27N5O2S/c1-23(2)6-9-27(10-7-23)16-3-4-20-19(11-16)18(5-8-25-20)22(30)26-13-21(29)28-15-31-14-17(28)12-24/h3-5,8,11,17H,6-7,9-10,13-15H2,1-2H3,(H,26,30). The summed E-state index contributed by atoms with van der Waals surface area (Å²) in [6, 6.07) is 9.45. The molecule has 0 radical (unpaired) electrons. The van der Waals surface area contributed by atoms with E-state index < -0.39 is 6.04 Å². The summed E-state index contributed by atoms with van der Waals surface area (Å²) < 4.78 is 0. The van der Waals surface area contributed by atoms with Crippen molar-refractivity contribution in [3.63, 3.8) is 0 Å². The number of pyridine rings is 1. The van der Waals surface area contributed by atoms with Gasteiger partial charge in [0.05, 0.1) is 29.6 Å². The molecular formula is C23H27N5O2S. The molecule has 162 valence electrons. The highest BCUT2D eigenvalue weighted by atomic mass is 32.2. The SMILES string of the molecule is CC1(C)CCN(c2ccc3nccc(C(=O)NCC(=O)N4CSCC4C#N)c3c2)CC1. The smallest absolute Gasteiger partial charge is 0.252 e. The molecule has 1 aromatic heterocycles. The summed E-state index contributed by atoms with van der Waals surface area (Å²) in [6.45, 7) is 6.46. The second-order valence-electron chi connectivity index (χ2n) is 8.90. The third-order valence-corrected chi connectivity index (χ3v) is 7.22. The van der Waals surface area contributed by atoms with E-state index in [9.17, 15) is 9.59 Å². The fourth-order valence-electron chi connectivity index (χ4n) is 4.05. The molecule has 2 fully saturated rings. The van der Waals surface area contributed by atoms with Crippen LogP contribution >= 0.6 is 11.8 Å². The van der Waals surface area contributed by atoms with E-state index in [1.165, 1.54) is 4.90 Å². The number of anilines is 1. The van der Waals surface area contributed by atoms with Crippen LogP contribution in [-0.2, 0) is 4.79 Å². The molecule has 0 saturated carbocycles. The number of hydrogen-bond donors (Lipinski definition) is 1. The Hall–Kier alpha value is -2.79. The molecular weight excluding hydrogens is 410 g/mol. The first-order chi connectivity index (χ1) is 14.9. The molecule has 3 heterocycles. The van der Waals surface area contributed by atoms with Crippen LogP contribution in [0.3, 0.4) is 0 Å². The van der Waals surface area contributed by atoms with Crippen LogP contribution in [0.5, 0.6) is 0 Å². The van der Waals surface area contributed by atoms with Crippen LogP contribution in [0.25, 0.3) is 10.9 Å². The number of carbonyl (C=O) groups is 2. The van der Waals surface area contributed by atoms with Crippen molar-refractivity contribution in [1.29, 1.82) is 5.26 Å². The number of carbonyl (C=O) groups excluding carboxylic acids is 2. The molecule has 1 atom stereocenters. The van der Waals surface area contributed by atoms with Crippen molar-refractivity contribution in [3.8, 4) is 6.07 Å². The Morgan fingerprint density at radius 1 is 1.29 bits per heavy atom. The van der Waals surface area contributed by atoms with Gasteiger partial charge < -0.3 is 15.1 Å². The molecule has 1 aromatic carbocycles. The Morgan fingerprint density at radius 2 is 2.06 bits per heavy atom. The lowest BCUT2D eigenvalue weighted by Gasteiger charge is -2.38. The number of hydrogen-bond acceptors (Lipinski definition) is 6. The van der Waals surface area contributed by atoms with E-state index in [4.69, 9.17) is 5.26 Å². The minimum absolute atomic E-state index is 0.123. The van der Waals surface area contributed by atoms with Crippen LogP contribution in [0.1, 0.15) is 37.0 Å². The van der Waals surface area contributed by atoms with Gasteiger partial charge in [-0.15, -0.1) is 11.8 Å². The van der Waals surface area contributed by atoms with E-state index in [-0.39, 0.29) is 18.4 Å². The number of fused-ring (bicyclic) bond motifs is 1. The number of amides is 2. The van der Waals surface area contributed by atoms with E-state index in [0.717, 1.165) is 42.5 Å². The number of aromatic nitrogens is 1. The van der Waals surface area contributed by atoms with E-state index in [1.807, 2.05) is 12.1 Å². The number of nitrogens with one attached hydrogen (secondary N) is 1. The Bertz CT molecular complexity index is 1040. The first kappa shape index (κ1) is 21.4. The van der Waals surface area contributed by atoms with Gasteiger partial charge in [0.2, 0.25) is 5.91 Å². The van der Waals surface area contributed by atoms with E-state index in [1.54, 1.807) is 24.0 Å². The predicted molar refractivity (Wildman–Crippen MR) is 123 cm³/mol. The normalized spacial score (nSPS) is 20.5. The molecule has 7 nitrogen and oxygen atoms in total. The molecule has 2 aliphatic heterocycles. The molecule has 31 heavy (non-hydrogen) atoms. The average molecular weight is 438 g/mol. The zero-order valence-corrected chi connectivity index (χ0v) is 18.7. The Labute approximate surface area is 186 Å². The van der Waals surface area contributed by atoms with E-state index >= 15 is 0 Å². The highest BCUT2D eigenvalue weighted by Gasteiger charge is 2.29. The summed E-state index contributed by atoms with van der Waals surface area (Å²) >= 11 is 1.55. The van der Waals surface area contributed by atoms with Crippen molar-refractivity contribution in [2.75, 3.05) is 36.2 Å². The quantitative estimate of drug-likeness (QED) is 0.791. The van der Waals surface area contributed by atoms with Crippen molar-refractivity contribution in [2.24, 2.45) is 5.41 Å². The van der Waals surface area contributed by atoms with Crippen LogP contribution in [0.15, 0.2) is 30.5 Å². The summed E-state index contributed by atoms with van der Waals surface area (Å²) in [6.07, 6.45) is 3.88. The highest BCUT2D eigenvalue weighted by molar-refractivity contribution is 7.99. The highest BCUT2D eigenvalue weighted by Crippen LogP contribution is 2.33. The predicted octanol–water partition coefficient (Wildman–Crippen LogP) is 3.02. The number of thioether (sulfide) groups is 1.